The van der Waals surface area contributed by atoms with Crippen LogP contribution in [-0.4, -0.2) is 5.78 Å². The Kier molecular flexibility index (Phi) is 0.779. The molecular weight excluding hydrogens is 148 g/mol. The first kappa shape index (κ1) is 6.17. The van der Waals surface area contributed by atoms with Crippen LogP contribution in [0.2, 0.25) is 0 Å². The van der Waals surface area contributed by atoms with Crippen LogP contribution in [0.25, 0.3) is 0 Å². The van der Waals surface area contributed by atoms with E-state index in [1.807, 2.05) is 0 Å². The minimum Gasteiger partial charge on any atom is -0.300 e. The molecule has 1 heteroatoms. The Hall–Kier alpha value is -0.330. The third-order valence-corrected chi connectivity index (χ3v) is 5.33. The second kappa shape index (κ2) is 1.51. The van der Waals surface area contributed by atoms with Crippen molar-refractivity contribution in [3.05, 3.63) is 0 Å². The molecule has 5 rings (SSSR count). The minimum atomic E-state index is 0.485. The van der Waals surface area contributed by atoms with E-state index in [4.69, 9.17) is 0 Å². The van der Waals surface area contributed by atoms with Gasteiger partial charge in [-0.1, -0.05) is 0 Å². The predicted octanol–water partition coefficient (Wildman–Crippen LogP) is 1.72. The van der Waals surface area contributed by atoms with Gasteiger partial charge in [-0.3, -0.25) is 4.79 Å². The van der Waals surface area contributed by atoms with Gasteiger partial charge in [0.1, 0.15) is 5.78 Å². The lowest BCUT2D eigenvalue weighted by molar-refractivity contribution is -0.122. The van der Waals surface area contributed by atoms with Crippen LogP contribution in [0.15, 0.2) is 0 Å². The van der Waals surface area contributed by atoms with E-state index in [0.717, 1.165) is 35.5 Å². The van der Waals surface area contributed by atoms with E-state index in [-0.39, 0.29) is 0 Å². The van der Waals surface area contributed by atoms with Crippen molar-refractivity contribution < 1.29 is 4.79 Å². The zero-order valence-corrected chi connectivity index (χ0v) is 7.36. The molecule has 7 atom stereocenters. The van der Waals surface area contributed by atoms with Crippen molar-refractivity contribution in [2.75, 3.05) is 0 Å². The van der Waals surface area contributed by atoms with Crippen molar-refractivity contribution in [3.8, 4) is 0 Å². The van der Waals surface area contributed by atoms with Crippen molar-refractivity contribution >= 4 is 5.78 Å². The summed E-state index contributed by atoms with van der Waals surface area (Å²) in [6.07, 6.45) is 2.76. The fourth-order valence-electron chi connectivity index (χ4n) is 5.18. The standard InChI is InChI=1S/C11H14O/c1-4(12)5-2-6-7-3-8-10(6)11(8)9(5)7/h5-11H,2-3H2,1H3/t5-,6+,7+,8-,9-,10-,11+/m0/s1. The van der Waals surface area contributed by atoms with E-state index >= 15 is 0 Å². The summed E-state index contributed by atoms with van der Waals surface area (Å²) in [4.78, 5) is 11.4. The SMILES string of the molecule is CC(=O)[C@@H]1C[C@@H]2[C@H]3C[C@H]4[C@H]2[C@H]4[C@H]31. The number of hydrogen-bond donors (Lipinski definition) is 0. The first-order chi connectivity index (χ1) is 5.79. The van der Waals surface area contributed by atoms with Crippen LogP contribution in [0.4, 0.5) is 0 Å². The number of ketones is 1. The van der Waals surface area contributed by atoms with Gasteiger partial charge in [0.2, 0.25) is 0 Å². The molecule has 0 N–H and O–H groups in total. The smallest absolute Gasteiger partial charge is 0.133 e. The van der Waals surface area contributed by atoms with Crippen molar-refractivity contribution in [2.45, 2.75) is 19.8 Å². The fraction of sp³-hybridized carbons (Fsp3) is 0.909. The molecule has 0 amide bonds. The van der Waals surface area contributed by atoms with E-state index in [1.54, 1.807) is 6.92 Å². The second-order valence-corrected chi connectivity index (χ2v) is 5.41. The average Bonchev–Trinajstić information content (AvgIpc) is 2.45. The topological polar surface area (TPSA) is 17.1 Å². The van der Waals surface area contributed by atoms with Crippen molar-refractivity contribution in [2.24, 2.45) is 41.4 Å². The zero-order chi connectivity index (χ0) is 8.03. The minimum absolute atomic E-state index is 0.485. The third kappa shape index (κ3) is 0.419. The van der Waals surface area contributed by atoms with Crippen LogP contribution in [0.5, 0.6) is 0 Å². The maximum Gasteiger partial charge on any atom is 0.133 e. The van der Waals surface area contributed by atoms with E-state index < -0.39 is 0 Å². The molecule has 0 aromatic heterocycles. The van der Waals surface area contributed by atoms with Crippen molar-refractivity contribution in [1.29, 1.82) is 0 Å². The molecule has 12 heavy (non-hydrogen) atoms. The first-order valence-corrected chi connectivity index (χ1v) is 5.29. The van der Waals surface area contributed by atoms with Gasteiger partial charge in [0, 0.05) is 5.92 Å². The summed E-state index contributed by atoms with van der Waals surface area (Å²) in [7, 11) is 0. The summed E-state index contributed by atoms with van der Waals surface area (Å²) >= 11 is 0. The zero-order valence-electron chi connectivity index (χ0n) is 7.36. The first-order valence-electron chi connectivity index (χ1n) is 5.29. The van der Waals surface area contributed by atoms with Crippen molar-refractivity contribution in [1.82, 2.24) is 0 Å². The number of rotatable bonds is 1. The highest BCUT2D eigenvalue weighted by molar-refractivity contribution is 5.79. The molecule has 0 radical (unpaired) electrons. The largest absolute Gasteiger partial charge is 0.300 e. The van der Waals surface area contributed by atoms with Gasteiger partial charge in [0.25, 0.3) is 0 Å². The van der Waals surface area contributed by atoms with Gasteiger partial charge in [0.05, 0.1) is 0 Å². The van der Waals surface area contributed by atoms with Crippen LogP contribution >= 0.6 is 0 Å². The quantitative estimate of drug-likeness (QED) is 0.574. The van der Waals surface area contributed by atoms with Gasteiger partial charge in [-0.2, -0.15) is 0 Å². The number of hydrogen-bond acceptors (Lipinski definition) is 1. The predicted molar refractivity (Wildman–Crippen MR) is 44.3 cm³/mol. The lowest BCUT2D eigenvalue weighted by Gasteiger charge is -2.17. The highest BCUT2D eigenvalue weighted by Crippen LogP contribution is 2.82. The molecule has 0 aromatic carbocycles. The summed E-state index contributed by atoms with van der Waals surface area (Å²) in [6.45, 7) is 1.81. The molecule has 1 nitrogen and oxygen atoms in total. The number of carbonyl (C=O) groups is 1. The molecular formula is C11H14O. The molecule has 0 aliphatic heterocycles. The van der Waals surface area contributed by atoms with Crippen LogP contribution in [0, 0.1) is 41.4 Å². The lowest BCUT2D eigenvalue weighted by Crippen LogP contribution is -2.20. The number of carbonyl (C=O) groups excluding carboxylic acids is 1. The number of Topliss-reactive ketones (excluding diaryl/α,β-unsaturated/α-hetero) is 1. The lowest BCUT2D eigenvalue weighted by atomic mass is 9.86. The van der Waals surface area contributed by atoms with Crippen LogP contribution < -0.4 is 0 Å². The summed E-state index contributed by atoms with van der Waals surface area (Å²) in [6, 6.07) is 0. The van der Waals surface area contributed by atoms with Gasteiger partial charge >= 0.3 is 0 Å². The monoisotopic (exact) mass is 162 g/mol. The van der Waals surface area contributed by atoms with Gasteiger partial charge in [-0.15, -0.1) is 0 Å². The summed E-state index contributed by atoms with van der Waals surface area (Å²) < 4.78 is 0. The molecule has 0 unspecified atom stereocenters. The molecule has 0 spiro atoms. The maximum absolute atomic E-state index is 11.4. The summed E-state index contributed by atoms with van der Waals surface area (Å²) in [5, 5.41) is 0. The Morgan fingerprint density at radius 1 is 1.00 bits per heavy atom. The molecule has 5 aliphatic rings. The van der Waals surface area contributed by atoms with Gasteiger partial charge in [0.15, 0.2) is 0 Å². The Morgan fingerprint density at radius 2 is 1.75 bits per heavy atom. The van der Waals surface area contributed by atoms with Gasteiger partial charge in [-0.25, -0.2) is 0 Å². The van der Waals surface area contributed by atoms with E-state index in [2.05, 4.69) is 0 Å². The van der Waals surface area contributed by atoms with E-state index in [0.29, 0.717) is 11.7 Å². The molecule has 0 aromatic rings. The van der Waals surface area contributed by atoms with E-state index in [9.17, 15) is 4.79 Å². The highest BCUT2D eigenvalue weighted by Gasteiger charge is 2.77. The maximum atomic E-state index is 11.4. The van der Waals surface area contributed by atoms with Gasteiger partial charge in [-0.05, 0) is 55.3 Å². The molecule has 5 fully saturated rings. The molecule has 5 aliphatic carbocycles. The second-order valence-electron chi connectivity index (χ2n) is 5.41. The summed E-state index contributed by atoms with van der Waals surface area (Å²) in [5.74, 6) is 7.07. The fourth-order valence-corrected chi connectivity index (χ4v) is 5.18. The van der Waals surface area contributed by atoms with E-state index in [1.165, 1.54) is 12.8 Å². The average molecular weight is 162 g/mol. The Labute approximate surface area is 72.5 Å². The third-order valence-electron chi connectivity index (χ3n) is 5.33. The van der Waals surface area contributed by atoms with Crippen LogP contribution in [0.3, 0.4) is 0 Å². The summed E-state index contributed by atoms with van der Waals surface area (Å²) in [5.41, 5.74) is 0. The Balaban J connectivity index is 1.79. The molecule has 0 saturated heterocycles. The molecule has 5 saturated carbocycles. The van der Waals surface area contributed by atoms with Crippen LogP contribution in [0.1, 0.15) is 19.8 Å². The molecule has 64 valence electrons. The van der Waals surface area contributed by atoms with Crippen LogP contribution in [-0.2, 0) is 4.79 Å². The Bertz CT molecular complexity index is 283. The highest BCUT2D eigenvalue weighted by atomic mass is 16.1. The van der Waals surface area contributed by atoms with Crippen molar-refractivity contribution in [3.63, 3.8) is 0 Å². The normalized spacial score (nSPS) is 68.9. The Morgan fingerprint density at radius 3 is 2.25 bits per heavy atom. The molecule has 6 bridgehead atoms. The molecule has 0 heterocycles. The van der Waals surface area contributed by atoms with Gasteiger partial charge < -0.3 is 0 Å².